The molecule has 0 radical (unpaired) electrons. The van der Waals surface area contributed by atoms with E-state index in [1.165, 1.54) is 0 Å². The lowest BCUT2D eigenvalue weighted by Gasteiger charge is -2.28. The summed E-state index contributed by atoms with van der Waals surface area (Å²) in [7, 11) is 1.55. The highest BCUT2D eigenvalue weighted by Crippen LogP contribution is 2.17. The average molecular weight is 597 g/mol. The largest absolute Gasteiger partial charge is 0.497 e. The highest BCUT2D eigenvalue weighted by atomic mass is 16.6. The lowest BCUT2D eigenvalue weighted by molar-refractivity contribution is -0.134. The summed E-state index contributed by atoms with van der Waals surface area (Å²) in [5.41, 5.74) is 1.61. The highest BCUT2D eigenvalue weighted by Gasteiger charge is 2.38. The molecule has 2 heterocycles. The van der Waals surface area contributed by atoms with Crippen molar-refractivity contribution in [1.29, 1.82) is 0 Å². The van der Waals surface area contributed by atoms with Crippen molar-refractivity contribution >= 4 is 23.5 Å². The Morgan fingerprint density at radius 2 is 1.49 bits per heavy atom. The summed E-state index contributed by atoms with van der Waals surface area (Å²) in [5.74, 6) is -1.14. The van der Waals surface area contributed by atoms with Crippen molar-refractivity contribution in [3.63, 3.8) is 0 Å². The Labute approximate surface area is 251 Å². The summed E-state index contributed by atoms with van der Waals surface area (Å²) in [4.78, 5) is 54.9. The Morgan fingerprint density at radius 1 is 0.884 bits per heavy atom. The molecule has 2 aliphatic heterocycles. The van der Waals surface area contributed by atoms with Crippen LogP contribution in [0.25, 0.3) is 0 Å². The molecule has 12 nitrogen and oxygen atoms in total. The van der Waals surface area contributed by atoms with Gasteiger partial charge in [-0.1, -0.05) is 42.5 Å². The van der Waals surface area contributed by atoms with E-state index >= 15 is 0 Å². The summed E-state index contributed by atoms with van der Waals surface area (Å²) in [6.07, 6.45) is -0.231. The van der Waals surface area contributed by atoms with Gasteiger partial charge in [-0.15, -0.1) is 0 Å². The van der Waals surface area contributed by atoms with Gasteiger partial charge in [-0.3, -0.25) is 24.1 Å². The molecule has 2 fully saturated rings. The van der Waals surface area contributed by atoms with E-state index in [0.717, 1.165) is 11.1 Å². The number of hydrogen-bond acceptors (Lipinski definition) is 9. The number of morpholine rings is 1. The van der Waals surface area contributed by atoms with Gasteiger partial charge in [0, 0.05) is 26.1 Å². The number of epoxide rings is 1. The van der Waals surface area contributed by atoms with Crippen molar-refractivity contribution in [2.24, 2.45) is 0 Å². The molecule has 2 aromatic rings. The highest BCUT2D eigenvalue weighted by molar-refractivity contribution is 5.96. The quantitative estimate of drug-likeness (QED) is 0.190. The Balaban J connectivity index is 1.48. The number of Topliss-reactive ketones (excluding diaryl/α,β-unsaturated/α-hetero) is 1. The molecule has 0 aromatic heterocycles. The number of ether oxygens (including phenoxy) is 3. The molecule has 0 unspecified atom stereocenters. The first-order valence-corrected chi connectivity index (χ1v) is 14.5. The predicted molar refractivity (Wildman–Crippen MR) is 156 cm³/mol. The second-order valence-electron chi connectivity index (χ2n) is 10.6. The molecule has 0 spiro atoms. The molecule has 4 atom stereocenters. The van der Waals surface area contributed by atoms with Gasteiger partial charge in [-0.25, -0.2) is 0 Å². The van der Waals surface area contributed by atoms with Crippen LogP contribution in [-0.2, 0) is 41.5 Å². The molecule has 12 heteroatoms. The van der Waals surface area contributed by atoms with Crippen LogP contribution in [0.15, 0.2) is 54.6 Å². The minimum absolute atomic E-state index is 0.0360. The number of carbonyl (C=O) groups excluding carboxylic acids is 4. The lowest BCUT2D eigenvalue weighted by atomic mass is 9.99. The number of hydrogen-bond donors (Lipinski definition) is 4. The van der Waals surface area contributed by atoms with Gasteiger partial charge in [0.25, 0.3) is 0 Å². The number of benzene rings is 2. The molecule has 2 aliphatic rings. The number of nitrogens with zero attached hydrogens (tertiary/aromatic N) is 1. The van der Waals surface area contributed by atoms with E-state index in [2.05, 4.69) is 16.0 Å². The number of carbonyl (C=O) groups is 4. The van der Waals surface area contributed by atoms with Crippen LogP contribution in [0, 0.1) is 0 Å². The summed E-state index contributed by atoms with van der Waals surface area (Å²) in [6.45, 7) is 2.29. The fourth-order valence-corrected chi connectivity index (χ4v) is 4.86. The van der Waals surface area contributed by atoms with Crippen LogP contribution in [0.1, 0.15) is 17.5 Å². The first-order valence-electron chi connectivity index (χ1n) is 14.5. The number of methoxy groups -OCH3 is 1. The molecule has 0 saturated carbocycles. The normalized spacial score (nSPS) is 18.5. The van der Waals surface area contributed by atoms with Gasteiger partial charge in [0.15, 0.2) is 5.78 Å². The Hall–Kier alpha value is -3.84. The maximum Gasteiger partial charge on any atom is 0.243 e. The monoisotopic (exact) mass is 596 g/mol. The molecule has 0 bridgehead atoms. The van der Waals surface area contributed by atoms with Crippen molar-refractivity contribution < 1.29 is 38.5 Å². The van der Waals surface area contributed by atoms with E-state index < -0.39 is 36.0 Å². The standard InChI is InChI=1S/C31H40N4O8/c1-41-23-9-7-22(8-10-23)18-26(31(40)33-25(29(38)27-20-43-27)17-21-5-3-2-4-6-21)34-30(39)24(11-14-36)32-28(37)19-35-12-15-42-16-13-35/h2-10,24-27,36H,11-20H2,1H3,(H,32,37)(H,33,40)(H,34,39)/t24-,25-,26-,27+/m0/s1. The Kier molecular flexibility index (Phi) is 12.0. The summed E-state index contributed by atoms with van der Waals surface area (Å²) < 4.78 is 15.7. The molecule has 4 N–H and O–H groups in total. The first-order chi connectivity index (χ1) is 20.9. The smallest absolute Gasteiger partial charge is 0.243 e. The minimum atomic E-state index is -1.08. The maximum atomic E-state index is 13.7. The maximum absolute atomic E-state index is 13.7. The van der Waals surface area contributed by atoms with Crippen molar-refractivity contribution in [3.8, 4) is 5.75 Å². The third-order valence-electron chi connectivity index (χ3n) is 7.37. The van der Waals surface area contributed by atoms with Gasteiger partial charge >= 0.3 is 0 Å². The summed E-state index contributed by atoms with van der Waals surface area (Å²) in [5, 5.41) is 17.9. The van der Waals surface area contributed by atoms with Crippen molar-refractivity contribution in [2.45, 2.75) is 43.5 Å². The van der Waals surface area contributed by atoms with Crippen LogP contribution in [-0.4, -0.2) is 111 Å². The molecule has 0 aliphatic carbocycles. The van der Waals surface area contributed by atoms with Gasteiger partial charge in [0.2, 0.25) is 17.7 Å². The second-order valence-corrected chi connectivity index (χ2v) is 10.6. The van der Waals surface area contributed by atoms with E-state index in [4.69, 9.17) is 14.2 Å². The van der Waals surface area contributed by atoms with Crippen LogP contribution in [0.4, 0.5) is 0 Å². The van der Waals surface area contributed by atoms with Crippen LogP contribution in [0.5, 0.6) is 5.75 Å². The Morgan fingerprint density at radius 3 is 2.12 bits per heavy atom. The number of rotatable bonds is 16. The first kappa shape index (κ1) is 32.1. The van der Waals surface area contributed by atoms with Gasteiger partial charge in [0.1, 0.15) is 23.9 Å². The number of aliphatic hydroxyl groups excluding tert-OH is 1. The van der Waals surface area contributed by atoms with Crippen LogP contribution in [0.3, 0.4) is 0 Å². The third-order valence-corrected chi connectivity index (χ3v) is 7.37. The SMILES string of the molecule is COc1ccc(C[C@H](NC(=O)[C@H](CCO)NC(=O)CN2CCOCC2)C(=O)N[C@@H](Cc2ccccc2)C(=O)[C@H]2CO2)cc1. The van der Waals surface area contributed by atoms with Gasteiger partial charge in [-0.2, -0.15) is 0 Å². The molecular weight excluding hydrogens is 556 g/mol. The lowest BCUT2D eigenvalue weighted by Crippen LogP contribution is -2.57. The zero-order valence-electron chi connectivity index (χ0n) is 24.3. The van der Waals surface area contributed by atoms with E-state index in [-0.39, 0.29) is 44.1 Å². The van der Waals surface area contributed by atoms with Crippen LogP contribution >= 0.6 is 0 Å². The average Bonchev–Trinajstić information content (AvgIpc) is 3.87. The van der Waals surface area contributed by atoms with E-state index in [1.54, 1.807) is 31.4 Å². The van der Waals surface area contributed by atoms with E-state index in [0.29, 0.717) is 38.7 Å². The van der Waals surface area contributed by atoms with E-state index in [1.807, 2.05) is 35.2 Å². The fourth-order valence-electron chi connectivity index (χ4n) is 4.86. The number of aliphatic hydroxyl groups is 1. The third kappa shape index (κ3) is 10.1. The molecule has 3 amide bonds. The summed E-state index contributed by atoms with van der Waals surface area (Å²) >= 11 is 0. The van der Waals surface area contributed by atoms with E-state index in [9.17, 15) is 24.3 Å². The molecule has 2 aromatic carbocycles. The molecular formula is C31H40N4O8. The molecule has 2 saturated heterocycles. The minimum Gasteiger partial charge on any atom is -0.497 e. The van der Waals surface area contributed by atoms with Gasteiger partial charge < -0.3 is 35.3 Å². The molecule has 232 valence electrons. The van der Waals surface area contributed by atoms with Crippen molar-refractivity contribution in [1.82, 2.24) is 20.9 Å². The van der Waals surface area contributed by atoms with Crippen LogP contribution < -0.4 is 20.7 Å². The Bertz CT molecular complexity index is 1220. The fraction of sp³-hybridized carbons (Fsp3) is 0.484. The summed E-state index contributed by atoms with van der Waals surface area (Å²) in [6, 6.07) is 13.4. The predicted octanol–water partition coefficient (Wildman–Crippen LogP) is -0.383. The molecule has 4 rings (SSSR count). The zero-order valence-corrected chi connectivity index (χ0v) is 24.3. The number of amides is 3. The van der Waals surface area contributed by atoms with Crippen molar-refractivity contribution in [2.75, 3.05) is 53.2 Å². The van der Waals surface area contributed by atoms with Gasteiger partial charge in [-0.05, 0) is 36.1 Å². The molecule has 43 heavy (non-hydrogen) atoms. The number of nitrogens with one attached hydrogen (secondary N) is 3. The van der Waals surface area contributed by atoms with Crippen LogP contribution in [0.2, 0.25) is 0 Å². The zero-order chi connectivity index (χ0) is 30.6. The van der Waals surface area contributed by atoms with Crippen molar-refractivity contribution in [3.05, 3.63) is 65.7 Å². The topological polar surface area (TPSA) is 159 Å². The second kappa shape index (κ2) is 16.1. The van der Waals surface area contributed by atoms with Gasteiger partial charge in [0.05, 0.1) is 39.5 Å². The number of ketones is 1.